The Bertz CT molecular complexity index is 655. The molecule has 0 spiro atoms. The van der Waals surface area contributed by atoms with Gasteiger partial charge in [0.15, 0.2) is 0 Å². The lowest BCUT2D eigenvalue weighted by Gasteiger charge is -2.03. The Morgan fingerprint density at radius 2 is 2.00 bits per heavy atom. The smallest absolute Gasteiger partial charge is 0.358 e. The van der Waals surface area contributed by atoms with Crippen LogP contribution in [0.25, 0.3) is 0 Å². The zero-order chi connectivity index (χ0) is 14.0. The Kier molecular flexibility index (Phi) is 3.19. The van der Waals surface area contributed by atoms with Crippen molar-refractivity contribution in [1.82, 2.24) is 9.55 Å². The molecule has 0 saturated heterocycles. The van der Waals surface area contributed by atoms with Crippen LogP contribution in [0.2, 0.25) is 0 Å². The number of nitro benzene ring substituents is 1. The minimum Gasteiger partial charge on any atom is -0.358 e. The van der Waals surface area contributed by atoms with Gasteiger partial charge >= 0.3 is 11.5 Å². The van der Waals surface area contributed by atoms with Gasteiger partial charge in [0.25, 0.3) is 0 Å². The third-order valence-electron chi connectivity index (χ3n) is 2.41. The molecule has 0 aliphatic carbocycles. The standard InChI is InChI=1S/C10H7FN4O4/c11-10-7(2-1-3-8(10)14(16)17)4-13-5-9(12-6-13)15(18)19/h1-3,5-6H,4H2. The minimum absolute atomic E-state index is 0.0569. The van der Waals surface area contributed by atoms with Crippen LogP contribution in [-0.2, 0) is 6.54 Å². The van der Waals surface area contributed by atoms with Gasteiger partial charge in [-0.3, -0.25) is 10.1 Å². The Hall–Kier alpha value is -2.84. The number of hydrogen-bond donors (Lipinski definition) is 0. The van der Waals surface area contributed by atoms with E-state index in [-0.39, 0.29) is 17.9 Å². The van der Waals surface area contributed by atoms with E-state index < -0.39 is 21.4 Å². The predicted molar refractivity (Wildman–Crippen MR) is 61.0 cm³/mol. The quantitative estimate of drug-likeness (QED) is 0.620. The summed E-state index contributed by atoms with van der Waals surface area (Å²) in [4.78, 5) is 23.0. The third kappa shape index (κ3) is 2.54. The van der Waals surface area contributed by atoms with Crippen LogP contribution in [0, 0.1) is 26.0 Å². The van der Waals surface area contributed by atoms with E-state index in [1.807, 2.05) is 0 Å². The third-order valence-corrected chi connectivity index (χ3v) is 2.41. The first-order valence-corrected chi connectivity index (χ1v) is 5.07. The van der Waals surface area contributed by atoms with Crippen LogP contribution in [-0.4, -0.2) is 19.4 Å². The van der Waals surface area contributed by atoms with E-state index in [0.717, 1.165) is 18.6 Å². The van der Waals surface area contributed by atoms with Crippen molar-refractivity contribution in [3.8, 4) is 0 Å². The average Bonchev–Trinajstić information content (AvgIpc) is 2.80. The molecule has 98 valence electrons. The molecule has 0 saturated carbocycles. The van der Waals surface area contributed by atoms with Crippen LogP contribution < -0.4 is 0 Å². The SMILES string of the molecule is O=[N+]([O-])c1cn(Cc2cccc([N+](=O)[O-])c2F)cn1. The van der Waals surface area contributed by atoms with Gasteiger partial charge in [-0.1, -0.05) is 12.1 Å². The number of rotatable bonds is 4. The molecular weight excluding hydrogens is 259 g/mol. The summed E-state index contributed by atoms with van der Waals surface area (Å²) < 4.78 is 15.0. The van der Waals surface area contributed by atoms with Gasteiger partial charge in [-0.15, -0.1) is 0 Å². The second-order valence-corrected chi connectivity index (χ2v) is 3.67. The highest BCUT2D eigenvalue weighted by molar-refractivity contribution is 5.37. The molecule has 2 rings (SSSR count). The summed E-state index contributed by atoms with van der Waals surface area (Å²) in [6.07, 6.45) is 2.29. The van der Waals surface area contributed by atoms with Crippen LogP contribution in [0.3, 0.4) is 0 Å². The summed E-state index contributed by atoms with van der Waals surface area (Å²) >= 11 is 0. The summed E-state index contributed by atoms with van der Waals surface area (Å²) in [7, 11) is 0. The molecule has 8 nitrogen and oxygen atoms in total. The molecule has 0 N–H and O–H groups in total. The Balaban J connectivity index is 2.30. The maximum absolute atomic E-state index is 13.8. The molecule has 1 aromatic heterocycles. The molecule has 1 heterocycles. The molecule has 0 radical (unpaired) electrons. The lowest BCUT2D eigenvalue weighted by molar-refractivity contribution is -0.389. The Morgan fingerprint density at radius 3 is 2.58 bits per heavy atom. The van der Waals surface area contributed by atoms with E-state index in [4.69, 9.17) is 0 Å². The zero-order valence-corrected chi connectivity index (χ0v) is 9.39. The molecule has 0 fully saturated rings. The van der Waals surface area contributed by atoms with Gasteiger partial charge in [0.05, 0.1) is 11.5 Å². The topological polar surface area (TPSA) is 104 Å². The first-order chi connectivity index (χ1) is 8.99. The second-order valence-electron chi connectivity index (χ2n) is 3.67. The van der Waals surface area contributed by atoms with Crippen LogP contribution in [0.5, 0.6) is 0 Å². The van der Waals surface area contributed by atoms with Gasteiger partial charge in [-0.05, 0) is 9.91 Å². The molecule has 0 unspecified atom stereocenters. The maximum Gasteiger partial charge on any atom is 0.381 e. The van der Waals surface area contributed by atoms with Crippen molar-refractivity contribution >= 4 is 11.5 Å². The van der Waals surface area contributed by atoms with Crippen LogP contribution in [0.4, 0.5) is 15.9 Å². The molecule has 0 amide bonds. The molecule has 0 atom stereocenters. The average molecular weight is 266 g/mol. The number of aromatic nitrogens is 2. The van der Waals surface area contributed by atoms with Crippen molar-refractivity contribution in [3.05, 3.63) is 62.3 Å². The largest absolute Gasteiger partial charge is 0.381 e. The number of nitro groups is 2. The normalized spacial score (nSPS) is 10.4. The van der Waals surface area contributed by atoms with Crippen molar-refractivity contribution in [2.75, 3.05) is 0 Å². The van der Waals surface area contributed by atoms with E-state index in [2.05, 4.69) is 4.98 Å². The molecule has 1 aromatic carbocycles. The highest BCUT2D eigenvalue weighted by Gasteiger charge is 2.18. The lowest BCUT2D eigenvalue weighted by atomic mass is 10.2. The van der Waals surface area contributed by atoms with Crippen molar-refractivity contribution in [3.63, 3.8) is 0 Å². The van der Waals surface area contributed by atoms with Crippen molar-refractivity contribution in [2.45, 2.75) is 6.54 Å². The summed E-state index contributed by atoms with van der Waals surface area (Å²) in [6.45, 7) is -0.0750. The Morgan fingerprint density at radius 1 is 1.26 bits per heavy atom. The maximum atomic E-state index is 13.8. The van der Waals surface area contributed by atoms with E-state index in [1.165, 1.54) is 16.7 Å². The number of benzene rings is 1. The summed E-state index contributed by atoms with van der Waals surface area (Å²) in [6, 6.07) is 3.77. The van der Waals surface area contributed by atoms with Gasteiger partial charge in [0.2, 0.25) is 12.1 Å². The van der Waals surface area contributed by atoms with Gasteiger partial charge in [-0.25, -0.2) is 0 Å². The highest BCUT2D eigenvalue weighted by atomic mass is 19.1. The van der Waals surface area contributed by atoms with E-state index in [0.29, 0.717) is 0 Å². The Labute approximate surface area is 105 Å². The second kappa shape index (κ2) is 4.80. The first kappa shape index (κ1) is 12.6. The van der Waals surface area contributed by atoms with E-state index >= 15 is 0 Å². The lowest BCUT2D eigenvalue weighted by Crippen LogP contribution is -2.02. The van der Waals surface area contributed by atoms with Gasteiger partial charge in [0.1, 0.15) is 6.20 Å². The highest BCUT2D eigenvalue weighted by Crippen LogP contribution is 2.21. The van der Waals surface area contributed by atoms with Gasteiger partial charge in [0, 0.05) is 11.6 Å². The first-order valence-electron chi connectivity index (χ1n) is 5.07. The van der Waals surface area contributed by atoms with Gasteiger partial charge < -0.3 is 14.7 Å². The fourth-order valence-corrected chi connectivity index (χ4v) is 1.56. The van der Waals surface area contributed by atoms with Crippen LogP contribution in [0.15, 0.2) is 30.7 Å². The molecule has 0 bridgehead atoms. The fraction of sp³-hybridized carbons (Fsp3) is 0.100. The minimum atomic E-state index is -0.955. The van der Waals surface area contributed by atoms with Crippen molar-refractivity contribution in [1.29, 1.82) is 0 Å². The monoisotopic (exact) mass is 266 g/mol. The van der Waals surface area contributed by atoms with E-state index in [9.17, 15) is 24.6 Å². The molecule has 19 heavy (non-hydrogen) atoms. The van der Waals surface area contributed by atoms with Crippen LogP contribution >= 0.6 is 0 Å². The van der Waals surface area contributed by atoms with Crippen molar-refractivity contribution in [2.24, 2.45) is 0 Å². The summed E-state index contributed by atoms with van der Waals surface area (Å²) in [5.41, 5.74) is -0.575. The molecular formula is C10H7FN4O4. The predicted octanol–water partition coefficient (Wildman–Crippen LogP) is 1.89. The van der Waals surface area contributed by atoms with E-state index in [1.54, 1.807) is 0 Å². The molecule has 0 aliphatic rings. The van der Waals surface area contributed by atoms with Gasteiger partial charge in [-0.2, -0.15) is 4.39 Å². The fourth-order valence-electron chi connectivity index (χ4n) is 1.56. The van der Waals surface area contributed by atoms with Crippen molar-refractivity contribution < 1.29 is 14.2 Å². The number of nitrogens with zero attached hydrogens (tertiary/aromatic N) is 4. The zero-order valence-electron chi connectivity index (χ0n) is 9.39. The number of imidazole rings is 1. The molecule has 0 aliphatic heterocycles. The number of halogens is 1. The molecule has 9 heteroatoms. The number of hydrogen-bond acceptors (Lipinski definition) is 5. The molecule has 2 aromatic rings. The van der Waals surface area contributed by atoms with Crippen LogP contribution in [0.1, 0.15) is 5.56 Å². The summed E-state index contributed by atoms with van der Waals surface area (Å²) in [5.74, 6) is -1.32. The summed E-state index contributed by atoms with van der Waals surface area (Å²) in [5, 5.41) is 21.0.